The topological polar surface area (TPSA) is 59.1 Å². The second kappa shape index (κ2) is 6.58. The molecule has 0 aliphatic carbocycles. The predicted molar refractivity (Wildman–Crippen MR) is 93.9 cm³/mol. The summed E-state index contributed by atoms with van der Waals surface area (Å²) in [5, 5.41) is 0.761. The number of pyridine rings is 1. The van der Waals surface area contributed by atoms with Crippen LogP contribution in [-0.2, 0) is 10.0 Å². The summed E-state index contributed by atoms with van der Waals surface area (Å²) in [6.07, 6.45) is 1.41. The minimum absolute atomic E-state index is 0.0711. The standard InChI is InChI=1S/C14H11BrCl2N2O2S/c1-8(2)11-6-10(3-4-12(11)17)22(20,21)19-13-5-9(16)7-18-14(13)15/h3-7,19H,1H2,2H3. The molecule has 8 heteroatoms. The fraction of sp³-hybridized carbons (Fsp3) is 0.0714. The van der Waals surface area contributed by atoms with Gasteiger partial charge in [-0.1, -0.05) is 29.8 Å². The highest BCUT2D eigenvalue weighted by Crippen LogP contribution is 2.29. The molecule has 116 valence electrons. The van der Waals surface area contributed by atoms with Gasteiger partial charge in [0.15, 0.2) is 0 Å². The lowest BCUT2D eigenvalue weighted by molar-refractivity contribution is 0.601. The molecule has 0 amide bonds. The van der Waals surface area contributed by atoms with E-state index >= 15 is 0 Å². The Labute approximate surface area is 147 Å². The third kappa shape index (κ3) is 3.81. The molecule has 2 rings (SSSR count). The monoisotopic (exact) mass is 420 g/mol. The molecule has 0 bridgehead atoms. The normalized spacial score (nSPS) is 11.3. The van der Waals surface area contributed by atoms with Crippen LogP contribution in [0.1, 0.15) is 12.5 Å². The van der Waals surface area contributed by atoms with Crippen molar-refractivity contribution in [3.63, 3.8) is 0 Å². The van der Waals surface area contributed by atoms with Gasteiger partial charge in [-0.25, -0.2) is 13.4 Å². The second-order valence-corrected chi connectivity index (χ2v) is 7.80. The molecule has 0 atom stereocenters. The van der Waals surface area contributed by atoms with Crippen LogP contribution in [0.4, 0.5) is 5.69 Å². The molecule has 22 heavy (non-hydrogen) atoms. The van der Waals surface area contributed by atoms with Crippen molar-refractivity contribution in [3.05, 3.63) is 57.3 Å². The summed E-state index contributed by atoms with van der Waals surface area (Å²) in [6.45, 7) is 5.54. The highest BCUT2D eigenvalue weighted by Gasteiger charge is 2.18. The van der Waals surface area contributed by atoms with Crippen LogP contribution >= 0.6 is 39.1 Å². The molecule has 0 fully saturated rings. The van der Waals surface area contributed by atoms with E-state index < -0.39 is 10.0 Å². The number of halogens is 3. The van der Waals surface area contributed by atoms with Crippen molar-refractivity contribution in [1.82, 2.24) is 4.98 Å². The number of aromatic nitrogens is 1. The Morgan fingerprint density at radius 3 is 2.64 bits per heavy atom. The zero-order valence-corrected chi connectivity index (χ0v) is 15.3. The average molecular weight is 422 g/mol. The molecule has 4 nitrogen and oxygen atoms in total. The van der Waals surface area contributed by atoms with Gasteiger partial charge in [-0.2, -0.15) is 0 Å². The summed E-state index contributed by atoms with van der Waals surface area (Å²) in [6, 6.07) is 5.87. The van der Waals surface area contributed by atoms with Gasteiger partial charge in [0.1, 0.15) is 4.60 Å². The van der Waals surface area contributed by atoms with Gasteiger partial charge in [-0.15, -0.1) is 0 Å². The molecule has 1 N–H and O–H groups in total. The Balaban J connectivity index is 2.45. The van der Waals surface area contributed by atoms with Crippen LogP contribution in [0.5, 0.6) is 0 Å². The van der Waals surface area contributed by atoms with Crippen molar-refractivity contribution in [1.29, 1.82) is 0 Å². The molecule has 0 saturated heterocycles. The number of allylic oxidation sites excluding steroid dienone is 1. The lowest BCUT2D eigenvalue weighted by atomic mass is 10.1. The first-order valence-corrected chi connectivity index (χ1v) is 9.03. The summed E-state index contributed by atoms with van der Waals surface area (Å²) in [5.74, 6) is 0. The van der Waals surface area contributed by atoms with Crippen molar-refractivity contribution in [2.24, 2.45) is 0 Å². The SMILES string of the molecule is C=C(C)c1cc(S(=O)(=O)Nc2cc(Cl)cnc2Br)ccc1Cl. The second-order valence-electron chi connectivity index (χ2n) is 4.52. The van der Waals surface area contributed by atoms with Crippen LogP contribution in [-0.4, -0.2) is 13.4 Å². The van der Waals surface area contributed by atoms with Crippen molar-refractivity contribution < 1.29 is 8.42 Å². The first-order valence-electron chi connectivity index (χ1n) is 6.00. The maximum Gasteiger partial charge on any atom is 0.262 e. The van der Waals surface area contributed by atoms with Gasteiger partial charge in [-0.05, 0) is 58.3 Å². The summed E-state index contributed by atoms with van der Waals surface area (Å²) < 4.78 is 27.7. The van der Waals surface area contributed by atoms with E-state index in [4.69, 9.17) is 23.2 Å². The van der Waals surface area contributed by atoms with E-state index in [0.29, 0.717) is 25.8 Å². The minimum atomic E-state index is -3.80. The lowest BCUT2D eigenvalue weighted by Gasteiger charge is -2.11. The van der Waals surface area contributed by atoms with E-state index in [1.807, 2.05) is 0 Å². The molecule has 2 aromatic rings. The molecule has 0 aliphatic heterocycles. The highest BCUT2D eigenvalue weighted by atomic mass is 79.9. The van der Waals surface area contributed by atoms with Crippen molar-refractivity contribution in [2.45, 2.75) is 11.8 Å². The molecule has 0 saturated carbocycles. The molecule has 1 heterocycles. The number of nitrogens with zero attached hydrogens (tertiary/aromatic N) is 1. The third-order valence-electron chi connectivity index (χ3n) is 2.76. The van der Waals surface area contributed by atoms with Crippen LogP contribution in [0.3, 0.4) is 0 Å². The predicted octanol–water partition coefficient (Wildman–Crippen LogP) is 4.98. The van der Waals surface area contributed by atoms with Gasteiger partial charge in [0, 0.05) is 11.2 Å². The van der Waals surface area contributed by atoms with E-state index in [1.54, 1.807) is 6.92 Å². The maximum absolute atomic E-state index is 12.5. The van der Waals surface area contributed by atoms with Crippen LogP contribution < -0.4 is 4.72 Å². The Kier molecular flexibility index (Phi) is 5.17. The molecular formula is C14H11BrCl2N2O2S. The average Bonchev–Trinajstić information content (AvgIpc) is 2.42. The summed E-state index contributed by atoms with van der Waals surface area (Å²) in [4.78, 5) is 4.01. The summed E-state index contributed by atoms with van der Waals surface area (Å²) >= 11 is 15.0. The van der Waals surface area contributed by atoms with Gasteiger partial charge in [0.05, 0.1) is 15.6 Å². The summed E-state index contributed by atoms with van der Waals surface area (Å²) in [5.41, 5.74) is 1.50. The Morgan fingerprint density at radius 1 is 1.32 bits per heavy atom. The molecule has 1 aromatic carbocycles. The van der Waals surface area contributed by atoms with Crippen LogP contribution in [0.25, 0.3) is 5.57 Å². The van der Waals surface area contributed by atoms with Crippen LogP contribution in [0, 0.1) is 0 Å². The maximum atomic E-state index is 12.5. The van der Waals surface area contributed by atoms with E-state index in [1.165, 1.54) is 30.5 Å². The quantitative estimate of drug-likeness (QED) is 0.707. The molecule has 0 radical (unpaired) electrons. The molecule has 0 unspecified atom stereocenters. The zero-order valence-electron chi connectivity index (χ0n) is 11.4. The fourth-order valence-electron chi connectivity index (χ4n) is 1.70. The fourth-order valence-corrected chi connectivity index (χ4v) is 3.66. The Bertz CT molecular complexity index is 854. The molecule has 1 aromatic heterocycles. The first-order chi connectivity index (χ1) is 10.2. The van der Waals surface area contributed by atoms with Gasteiger partial charge in [-0.3, -0.25) is 4.72 Å². The van der Waals surface area contributed by atoms with Crippen molar-refractivity contribution in [2.75, 3.05) is 4.72 Å². The number of benzene rings is 1. The van der Waals surface area contributed by atoms with Gasteiger partial charge in [0.25, 0.3) is 10.0 Å². The van der Waals surface area contributed by atoms with Crippen molar-refractivity contribution >= 4 is 60.4 Å². The smallest absolute Gasteiger partial charge is 0.262 e. The highest BCUT2D eigenvalue weighted by molar-refractivity contribution is 9.10. The molecular weight excluding hydrogens is 411 g/mol. The van der Waals surface area contributed by atoms with Gasteiger partial charge >= 0.3 is 0 Å². The zero-order chi connectivity index (χ0) is 16.5. The molecule has 0 spiro atoms. The van der Waals surface area contributed by atoms with E-state index in [2.05, 4.69) is 32.2 Å². The Hall–Kier alpha value is -1.08. The Morgan fingerprint density at radius 2 is 2.00 bits per heavy atom. The first kappa shape index (κ1) is 17.3. The number of rotatable bonds is 4. The number of hydrogen-bond acceptors (Lipinski definition) is 3. The van der Waals surface area contributed by atoms with E-state index in [0.717, 1.165) is 0 Å². The number of nitrogens with one attached hydrogen (secondary N) is 1. The van der Waals surface area contributed by atoms with E-state index in [-0.39, 0.29) is 10.6 Å². The third-order valence-corrected chi connectivity index (χ3v) is 5.29. The summed E-state index contributed by atoms with van der Waals surface area (Å²) in [7, 11) is -3.80. The van der Waals surface area contributed by atoms with E-state index in [9.17, 15) is 8.42 Å². The minimum Gasteiger partial charge on any atom is -0.277 e. The molecule has 0 aliphatic rings. The van der Waals surface area contributed by atoms with Gasteiger partial charge < -0.3 is 0 Å². The van der Waals surface area contributed by atoms with Crippen LogP contribution in [0.15, 0.2) is 46.5 Å². The number of anilines is 1. The van der Waals surface area contributed by atoms with Gasteiger partial charge in [0.2, 0.25) is 0 Å². The largest absolute Gasteiger partial charge is 0.277 e. The lowest BCUT2D eigenvalue weighted by Crippen LogP contribution is -2.14. The number of sulfonamides is 1. The van der Waals surface area contributed by atoms with Crippen molar-refractivity contribution in [3.8, 4) is 0 Å². The number of hydrogen-bond donors (Lipinski definition) is 1. The van der Waals surface area contributed by atoms with Crippen LogP contribution in [0.2, 0.25) is 10.0 Å².